The fourth-order valence-electron chi connectivity index (χ4n) is 2.65. The number of carbonyl (C=O) groups is 1. The maximum Gasteiger partial charge on any atom is 0.228 e. The number of aryl methyl sites for hydroxylation is 2. The fraction of sp³-hybridized carbons (Fsp3) is 0.688. The molecule has 2 heterocycles. The number of piperazine rings is 1. The zero-order valence-corrected chi connectivity index (χ0v) is 14.0. The van der Waals surface area contributed by atoms with E-state index in [0.29, 0.717) is 0 Å². The van der Waals surface area contributed by atoms with Gasteiger partial charge >= 0.3 is 0 Å². The first-order chi connectivity index (χ1) is 9.70. The van der Waals surface area contributed by atoms with Gasteiger partial charge in [-0.05, 0) is 20.8 Å². The van der Waals surface area contributed by atoms with Gasteiger partial charge in [0.15, 0.2) is 0 Å². The Morgan fingerprint density at radius 3 is 2.10 bits per heavy atom. The topological polar surface area (TPSA) is 49.3 Å². The molecule has 5 heteroatoms. The number of hydrogen-bond acceptors (Lipinski definition) is 4. The molecule has 0 atom stereocenters. The van der Waals surface area contributed by atoms with E-state index in [-0.39, 0.29) is 11.3 Å². The summed E-state index contributed by atoms with van der Waals surface area (Å²) < 4.78 is 0. The Hall–Kier alpha value is -1.65. The van der Waals surface area contributed by atoms with Crippen molar-refractivity contribution in [3.63, 3.8) is 0 Å². The minimum absolute atomic E-state index is 0.230. The van der Waals surface area contributed by atoms with E-state index in [0.717, 1.165) is 49.1 Å². The molecule has 1 saturated heterocycles. The summed E-state index contributed by atoms with van der Waals surface area (Å²) in [4.78, 5) is 25.5. The average molecular weight is 290 g/mol. The van der Waals surface area contributed by atoms with Crippen LogP contribution in [0.4, 0.5) is 5.82 Å². The minimum Gasteiger partial charge on any atom is -0.353 e. The molecule has 0 spiro atoms. The summed E-state index contributed by atoms with van der Waals surface area (Å²) in [5.74, 6) is 2.05. The molecule has 116 valence electrons. The molecule has 1 fully saturated rings. The molecule has 1 aromatic heterocycles. The molecule has 1 amide bonds. The van der Waals surface area contributed by atoms with E-state index in [1.807, 2.05) is 39.5 Å². The Labute approximate surface area is 127 Å². The van der Waals surface area contributed by atoms with E-state index in [4.69, 9.17) is 0 Å². The third-order valence-corrected chi connectivity index (χ3v) is 3.98. The van der Waals surface area contributed by atoms with Gasteiger partial charge in [0.05, 0.1) is 0 Å². The van der Waals surface area contributed by atoms with Crippen LogP contribution in [0.5, 0.6) is 0 Å². The predicted molar refractivity (Wildman–Crippen MR) is 84.5 cm³/mol. The first kappa shape index (κ1) is 15.7. The minimum atomic E-state index is -0.305. The Balaban J connectivity index is 2.10. The first-order valence-corrected chi connectivity index (χ1v) is 7.56. The van der Waals surface area contributed by atoms with Crippen molar-refractivity contribution in [2.24, 2.45) is 5.41 Å². The monoisotopic (exact) mass is 290 g/mol. The normalized spacial score (nSPS) is 16.3. The van der Waals surface area contributed by atoms with Gasteiger partial charge in [-0.1, -0.05) is 20.8 Å². The van der Waals surface area contributed by atoms with E-state index in [1.165, 1.54) is 0 Å². The van der Waals surface area contributed by atoms with Gasteiger partial charge in [0.1, 0.15) is 11.6 Å². The van der Waals surface area contributed by atoms with Crippen LogP contribution in [0.25, 0.3) is 0 Å². The molecule has 0 radical (unpaired) electrons. The molecule has 0 unspecified atom stereocenters. The van der Waals surface area contributed by atoms with Crippen LogP contribution in [0.1, 0.15) is 37.9 Å². The van der Waals surface area contributed by atoms with Gasteiger partial charge in [0.2, 0.25) is 5.91 Å². The van der Waals surface area contributed by atoms with Crippen LogP contribution in [0, 0.1) is 26.2 Å². The summed E-state index contributed by atoms with van der Waals surface area (Å²) in [6, 6.07) is 0. The summed E-state index contributed by atoms with van der Waals surface area (Å²) in [6.07, 6.45) is 0. The van der Waals surface area contributed by atoms with Crippen molar-refractivity contribution in [2.75, 3.05) is 31.1 Å². The maximum absolute atomic E-state index is 12.3. The standard InChI is InChI=1S/C16H26N4O/c1-11-12(2)17-13(3)18-14(11)19-7-9-20(10-8-19)15(21)16(4,5)6/h7-10H2,1-6H3. The number of anilines is 1. The Kier molecular flexibility index (Phi) is 4.21. The van der Waals surface area contributed by atoms with Gasteiger partial charge < -0.3 is 9.80 Å². The highest BCUT2D eigenvalue weighted by Crippen LogP contribution is 2.23. The van der Waals surface area contributed by atoms with Gasteiger partial charge in [0, 0.05) is 42.9 Å². The Morgan fingerprint density at radius 2 is 1.57 bits per heavy atom. The summed E-state index contributed by atoms with van der Waals surface area (Å²) in [5, 5.41) is 0. The number of nitrogens with zero attached hydrogens (tertiary/aromatic N) is 4. The lowest BCUT2D eigenvalue weighted by atomic mass is 9.94. The highest BCUT2D eigenvalue weighted by molar-refractivity contribution is 5.81. The second-order valence-electron chi connectivity index (χ2n) is 6.83. The highest BCUT2D eigenvalue weighted by atomic mass is 16.2. The van der Waals surface area contributed by atoms with Crippen molar-refractivity contribution in [1.29, 1.82) is 0 Å². The predicted octanol–water partition coefficient (Wildman–Crippen LogP) is 2.10. The molecular weight excluding hydrogens is 264 g/mol. The van der Waals surface area contributed by atoms with Crippen LogP contribution in [0.2, 0.25) is 0 Å². The molecular formula is C16H26N4O. The number of hydrogen-bond donors (Lipinski definition) is 0. The Morgan fingerprint density at radius 1 is 1.00 bits per heavy atom. The summed E-state index contributed by atoms with van der Waals surface area (Å²) in [7, 11) is 0. The summed E-state index contributed by atoms with van der Waals surface area (Å²) in [5.41, 5.74) is 1.86. The lowest BCUT2D eigenvalue weighted by Crippen LogP contribution is -2.52. The van der Waals surface area contributed by atoms with Crippen molar-refractivity contribution in [2.45, 2.75) is 41.5 Å². The van der Waals surface area contributed by atoms with Crippen molar-refractivity contribution >= 4 is 11.7 Å². The lowest BCUT2D eigenvalue weighted by molar-refractivity contribution is -0.139. The maximum atomic E-state index is 12.3. The van der Waals surface area contributed by atoms with Crippen molar-refractivity contribution in [1.82, 2.24) is 14.9 Å². The van der Waals surface area contributed by atoms with E-state index < -0.39 is 0 Å². The zero-order valence-electron chi connectivity index (χ0n) is 14.0. The number of aromatic nitrogens is 2. The van der Waals surface area contributed by atoms with E-state index in [1.54, 1.807) is 0 Å². The highest BCUT2D eigenvalue weighted by Gasteiger charge is 2.30. The van der Waals surface area contributed by atoms with Crippen LogP contribution in [0.15, 0.2) is 0 Å². The van der Waals surface area contributed by atoms with Gasteiger partial charge in [0.25, 0.3) is 0 Å². The number of amides is 1. The van der Waals surface area contributed by atoms with Gasteiger partial charge in [-0.3, -0.25) is 4.79 Å². The van der Waals surface area contributed by atoms with Crippen molar-refractivity contribution in [3.8, 4) is 0 Å². The SMILES string of the molecule is Cc1nc(C)c(C)c(N2CCN(C(=O)C(C)(C)C)CC2)n1. The van der Waals surface area contributed by atoms with Gasteiger partial charge in [-0.2, -0.15) is 0 Å². The molecule has 2 rings (SSSR count). The molecule has 0 N–H and O–H groups in total. The van der Waals surface area contributed by atoms with Crippen LogP contribution < -0.4 is 4.90 Å². The first-order valence-electron chi connectivity index (χ1n) is 7.56. The van der Waals surface area contributed by atoms with Gasteiger partial charge in [-0.15, -0.1) is 0 Å². The summed E-state index contributed by atoms with van der Waals surface area (Å²) >= 11 is 0. The van der Waals surface area contributed by atoms with E-state index in [9.17, 15) is 4.79 Å². The molecule has 0 saturated carbocycles. The van der Waals surface area contributed by atoms with E-state index >= 15 is 0 Å². The second-order valence-corrected chi connectivity index (χ2v) is 6.83. The molecule has 5 nitrogen and oxygen atoms in total. The number of carbonyl (C=O) groups excluding carboxylic acids is 1. The van der Waals surface area contributed by atoms with Crippen LogP contribution in [-0.4, -0.2) is 47.0 Å². The zero-order chi connectivity index (χ0) is 15.8. The second kappa shape index (κ2) is 5.62. The smallest absolute Gasteiger partial charge is 0.228 e. The van der Waals surface area contributed by atoms with Gasteiger partial charge in [-0.25, -0.2) is 9.97 Å². The van der Waals surface area contributed by atoms with Crippen molar-refractivity contribution in [3.05, 3.63) is 17.1 Å². The molecule has 0 bridgehead atoms. The van der Waals surface area contributed by atoms with Crippen molar-refractivity contribution < 1.29 is 4.79 Å². The largest absolute Gasteiger partial charge is 0.353 e. The Bertz CT molecular complexity index is 540. The molecule has 1 aliphatic heterocycles. The molecule has 0 aromatic carbocycles. The molecule has 21 heavy (non-hydrogen) atoms. The lowest BCUT2D eigenvalue weighted by Gasteiger charge is -2.38. The van der Waals surface area contributed by atoms with Crippen LogP contribution >= 0.6 is 0 Å². The molecule has 1 aliphatic rings. The molecule has 0 aliphatic carbocycles. The third kappa shape index (κ3) is 3.34. The molecule has 1 aromatic rings. The average Bonchev–Trinajstić information content (AvgIpc) is 2.41. The number of rotatable bonds is 1. The van der Waals surface area contributed by atoms with E-state index in [2.05, 4.69) is 21.8 Å². The fourth-order valence-corrected chi connectivity index (χ4v) is 2.65. The quantitative estimate of drug-likeness (QED) is 0.795. The summed E-state index contributed by atoms with van der Waals surface area (Å²) in [6.45, 7) is 15.1. The van der Waals surface area contributed by atoms with Crippen LogP contribution in [-0.2, 0) is 4.79 Å². The third-order valence-electron chi connectivity index (χ3n) is 3.98. The van der Waals surface area contributed by atoms with Crippen LogP contribution in [0.3, 0.4) is 0 Å².